The molecular weight excluding hydrogens is 704 g/mol. The van der Waals surface area contributed by atoms with Crippen molar-refractivity contribution in [1.82, 2.24) is 5.32 Å². The van der Waals surface area contributed by atoms with Crippen molar-refractivity contribution < 1.29 is 27.2 Å². The predicted molar refractivity (Wildman–Crippen MR) is 186 cm³/mol. The summed E-state index contributed by atoms with van der Waals surface area (Å²) in [5.74, 6) is -0.264. The number of benzene rings is 4. The summed E-state index contributed by atoms with van der Waals surface area (Å²) < 4.78 is 29.7. The van der Waals surface area contributed by atoms with Crippen LogP contribution in [0.25, 0.3) is 17.4 Å². The van der Waals surface area contributed by atoms with Gasteiger partial charge < -0.3 is 20.4 Å². The smallest absolute Gasteiger partial charge is 0.272 e. The maximum absolute atomic E-state index is 13.4. The third-order valence-corrected chi connectivity index (χ3v) is 8.99. The van der Waals surface area contributed by atoms with Crippen LogP contribution in [0.15, 0.2) is 140 Å². The lowest BCUT2D eigenvalue weighted by molar-refractivity contribution is -0.114. The maximum Gasteiger partial charge on any atom is 0.272 e. The minimum Gasteiger partial charge on any atom is -0.457 e. The number of amides is 3. The summed E-state index contributed by atoms with van der Waals surface area (Å²) in [6.07, 6.45) is 1.46. The number of halogens is 1. The molecule has 0 saturated heterocycles. The molecule has 5 N–H and O–H groups in total. The molecule has 1 heterocycles. The summed E-state index contributed by atoms with van der Waals surface area (Å²) in [5.41, 5.74) is 2.10. The van der Waals surface area contributed by atoms with Crippen molar-refractivity contribution >= 4 is 72.9 Å². The van der Waals surface area contributed by atoms with Crippen LogP contribution in [0.3, 0.4) is 0 Å². The minimum atomic E-state index is -3.82. The Balaban J connectivity index is 1.24. The van der Waals surface area contributed by atoms with Gasteiger partial charge in [0.25, 0.3) is 11.8 Å². The zero-order valence-electron chi connectivity index (χ0n) is 24.5. The van der Waals surface area contributed by atoms with Gasteiger partial charge in [0.1, 0.15) is 17.2 Å². The van der Waals surface area contributed by atoms with E-state index in [1.807, 2.05) is 24.3 Å². The van der Waals surface area contributed by atoms with E-state index >= 15 is 0 Å². The molecule has 3 amide bonds. The van der Waals surface area contributed by atoms with E-state index in [1.165, 1.54) is 42.1 Å². The van der Waals surface area contributed by atoms with E-state index in [4.69, 9.17) is 9.56 Å². The Hall–Kier alpha value is -4.95. The van der Waals surface area contributed by atoms with Crippen LogP contribution in [0.4, 0.5) is 11.4 Å². The molecule has 0 saturated carbocycles. The highest BCUT2D eigenvalue weighted by atomic mass is 79.9. The van der Waals surface area contributed by atoms with Crippen LogP contribution in [0, 0.1) is 0 Å². The Morgan fingerprint density at radius 1 is 0.787 bits per heavy atom. The fourth-order valence-corrected chi connectivity index (χ4v) is 5.67. The van der Waals surface area contributed by atoms with Gasteiger partial charge in [-0.1, -0.05) is 46.3 Å². The lowest BCUT2D eigenvalue weighted by Crippen LogP contribution is -2.30. The maximum atomic E-state index is 13.4. The largest absolute Gasteiger partial charge is 0.457 e. The summed E-state index contributed by atoms with van der Waals surface area (Å²) in [6, 6.07) is 32.0. The molecule has 0 fully saturated rings. The standard InChI is InChI=1S/C34H27BrN4O6S2/c35-24-8-6-22(7-9-24)31-19-14-27(45-31)20-30(39-33(41)23-4-2-1-3-5-23)34(42)38-26-10-15-28(16-11-26)46-21-32(40)37-25-12-17-29(18-13-25)47(36,43)44/h1-20H,21H2,(H,37,40)(H,38,42)(H,39,41)(H2,36,43,44). The zero-order valence-corrected chi connectivity index (χ0v) is 27.7. The number of primary sulfonamides is 1. The number of thioether (sulfide) groups is 1. The van der Waals surface area contributed by atoms with Gasteiger partial charge in [0.15, 0.2) is 0 Å². The van der Waals surface area contributed by atoms with Gasteiger partial charge in [0, 0.05) is 37.9 Å². The molecule has 0 unspecified atom stereocenters. The second-order valence-corrected chi connectivity index (χ2v) is 13.5. The summed E-state index contributed by atoms with van der Waals surface area (Å²) in [6.45, 7) is 0. The molecule has 0 spiro atoms. The number of furan rings is 1. The zero-order chi connectivity index (χ0) is 33.4. The lowest BCUT2D eigenvalue weighted by atomic mass is 10.2. The number of sulfonamides is 1. The first kappa shape index (κ1) is 33.4. The van der Waals surface area contributed by atoms with Crippen molar-refractivity contribution in [2.45, 2.75) is 9.79 Å². The van der Waals surface area contributed by atoms with Gasteiger partial charge in [0.05, 0.1) is 10.6 Å². The van der Waals surface area contributed by atoms with Gasteiger partial charge in [-0.3, -0.25) is 14.4 Å². The van der Waals surface area contributed by atoms with Crippen molar-refractivity contribution in [3.8, 4) is 11.3 Å². The van der Waals surface area contributed by atoms with Gasteiger partial charge in [-0.05, 0) is 84.9 Å². The first-order chi connectivity index (χ1) is 22.5. The Labute approximate surface area is 283 Å². The van der Waals surface area contributed by atoms with E-state index in [0.29, 0.717) is 28.5 Å². The number of rotatable bonds is 11. The van der Waals surface area contributed by atoms with Crippen molar-refractivity contribution in [2.24, 2.45) is 5.14 Å². The highest BCUT2D eigenvalue weighted by Gasteiger charge is 2.17. The summed E-state index contributed by atoms with van der Waals surface area (Å²) in [4.78, 5) is 39.5. The van der Waals surface area contributed by atoms with Gasteiger partial charge in [-0.25, -0.2) is 13.6 Å². The SMILES string of the molecule is NS(=O)(=O)c1ccc(NC(=O)CSc2ccc(NC(=O)C(=Cc3ccc(-c4ccc(Br)cc4)o3)NC(=O)c3ccccc3)cc2)cc1. The van der Waals surface area contributed by atoms with Crippen molar-refractivity contribution in [3.05, 3.63) is 137 Å². The van der Waals surface area contributed by atoms with Crippen LogP contribution in [0.5, 0.6) is 0 Å². The normalized spacial score (nSPS) is 11.5. The second-order valence-electron chi connectivity index (χ2n) is 9.97. The fourth-order valence-electron chi connectivity index (χ4n) is 4.19. The number of anilines is 2. The van der Waals surface area contributed by atoms with Gasteiger partial charge in [-0.2, -0.15) is 0 Å². The highest BCUT2D eigenvalue weighted by Crippen LogP contribution is 2.26. The quantitative estimate of drug-likeness (QED) is 0.0892. The van der Waals surface area contributed by atoms with Crippen LogP contribution in [-0.4, -0.2) is 31.9 Å². The van der Waals surface area contributed by atoms with Gasteiger partial charge in [-0.15, -0.1) is 11.8 Å². The van der Waals surface area contributed by atoms with Crippen LogP contribution in [0.2, 0.25) is 0 Å². The first-order valence-electron chi connectivity index (χ1n) is 13.9. The number of carbonyl (C=O) groups excluding carboxylic acids is 3. The summed E-state index contributed by atoms with van der Waals surface area (Å²) >= 11 is 4.69. The molecule has 0 bridgehead atoms. The third-order valence-electron chi connectivity index (χ3n) is 6.52. The third kappa shape index (κ3) is 9.53. The van der Waals surface area contributed by atoms with Crippen LogP contribution in [-0.2, 0) is 19.6 Å². The van der Waals surface area contributed by atoms with Crippen LogP contribution < -0.4 is 21.1 Å². The number of nitrogens with two attached hydrogens (primary N) is 1. The molecular formula is C34H27BrN4O6S2. The number of carbonyl (C=O) groups is 3. The Morgan fingerprint density at radius 3 is 2.09 bits per heavy atom. The molecule has 238 valence electrons. The van der Waals surface area contributed by atoms with Crippen molar-refractivity contribution in [1.29, 1.82) is 0 Å². The topological polar surface area (TPSA) is 161 Å². The van der Waals surface area contributed by atoms with Gasteiger partial charge in [0.2, 0.25) is 15.9 Å². The molecule has 0 aliphatic carbocycles. The molecule has 47 heavy (non-hydrogen) atoms. The fraction of sp³-hybridized carbons (Fsp3) is 0.0294. The first-order valence-corrected chi connectivity index (χ1v) is 17.3. The molecule has 4 aromatic carbocycles. The van der Waals surface area contributed by atoms with Crippen LogP contribution >= 0.6 is 27.7 Å². The minimum absolute atomic E-state index is 0.0252. The molecule has 5 rings (SSSR count). The molecule has 13 heteroatoms. The molecule has 0 aliphatic heterocycles. The summed E-state index contributed by atoms with van der Waals surface area (Å²) in [7, 11) is -3.82. The molecule has 0 aliphatic rings. The highest BCUT2D eigenvalue weighted by molar-refractivity contribution is 9.10. The van der Waals surface area contributed by atoms with E-state index in [1.54, 1.807) is 66.7 Å². The van der Waals surface area contributed by atoms with E-state index in [0.717, 1.165) is 14.9 Å². The average molecular weight is 732 g/mol. The Morgan fingerprint density at radius 2 is 1.43 bits per heavy atom. The lowest BCUT2D eigenvalue weighted by Gasteiger charge is -2.11. The molecule has 0 atom stereocenters. The number of hydrogen-bond acceptors (Lipinski definition) is 7. The molecule has 10 nitrogen and oxygen atoms in total. The Kier molecular flexibility index (Phi) is 10.7. The molecule has 0 radical (unpaired) electrons. The van der Waals surface area contributed by atoms with Crippen molar-refractivity contribution in [3.63, 3.8) is 0 Å². The van der Waals surface area contributed by atoms with E-state index in [9.17, 15) is 22.8 Å². The van der Waals surface area contributed by atoms with E-state index in [-0.39, 0.29) is 22.3 Å². The van der Waals surface area contributed by atoms with E-state index < -0.39 is 21.8 Å². The van der Waals surface area contributed by atoms with Gasteiger partial charge >= 0.3 is 0 Å². The Bertz CT molecular complexity index is 2030. The molecule has 1 aromatic heterocycles. The van der Waals surface area contributed by atoms with Crippen LogP contribution in [0.1, 0.15) is 16.1 Å². The monoisotopic (exact) mass is 730 g/mol. The predicted octanol–water partition coefficient (Wildman–Crippen LogP) is 6.50. The molecule has 5 aromatic rings. The average Bonchev–Trinajstić information content (AvgIpc) is 3.53. The van der Waals surface area contributed by atoms with E-state index in [2.05, 4.69) is 31.9 Å². The number of nitrogens with one attached hydrogen (secondary N) is 3. The summed E-state index contributed by atoms with van der Waals surface area (Å²) in [5, 5.41) is 13.3. The second kappa shape index (κ2) is 15.1. The van der Waals surface area contributed by atoms with Crippen molar-refractivity contribution in [2.75, 3.05) is 16.4 Å². The number of hydrogen-bond donors (Lipinski definition) is 4.